The lowest BCUT2D eigenvalue weighted by Gasteiger charge is -2.15. The van der Waals surface area contributed by atoms with Gasteiger partial charge in [-0.15, -0.1) is 0 Å². The second-order valence-electron chi connectivity index (χ2n) is 5.51. The number of rotatable bonds is 5. The summed E-state index contributed by atoms with van der Waals surface area (Å²) in [6.07, 6.45) is -1.12. The van der Waals surface area contributed by atoms with Gasteiger partial charge in [-0.2, -0.15) is 0 Å². The molecule has 0 amide bonds. The van der Waals surface area contributed by atoms with Crippen LogP contribution in [0.3, 0.4) is 0 Å². The number of aliphatic hydroxyl groups is 1. The summed E-state index contributed by atoms with van der Waals surface area (Å²) in [5.41, 5.74) is 0.556. The predicted molar refractivity (Wildman–Crippen MR) is 90.5 cm³/mol. The number of aliphatic hydroxyl groups excluding tert-OH is 1. The third-order valence-electron chi connectivity index (χ3n) is 3.83. The Morgan fingerprint density at radius 2 is 1.72 bits per heavy atom. The average Bonchev–Trinajstić information content (AvgIpc) is 2.59. The molecule has 4 nitrogen and oxygen atoms in total. The zero-order valence-corrected chi connectivity index (χ0v) is 13.8. The summed E-state index contributed by atoms with van der Waals surface area (Å²) >= 11 is 0. The van der Waals surface area contributed by atoms with Crippen molar-refractivity contribution in [3.05, 3.63) is 77.9 Å². The molecule has 3 rings (SSSR count). The van der Waals surface area contributed by atoms with Crippen LogP contribution >= 0.6 is 0 Å². The van der Waals surface area contributed by atoms with Gasteiger partial charge in [-0.05, 0) is 28.5 Å². The molecule has 130 valence electrons. The highest BCUT2D eigenvalue weighted by molar-refractivity contribution is 7.89. The topological polar surface area (TPSA) is 66.4 Å². The summed E-state index contributed by atoms with van der Waals surface area (Å²) in [6.45, 7) is -0.340. The number of hydrogen-bond donors (Lipinski definition) is 2. The fraction of sp³-hybridized carbons (Fsp3) is 0.111. The van der Waals surface area contributed by atoms with Crippen LogP contribution in [0.15, 0.2) is 65.6 Å². The van der Waals surface area contributed by atoms with E-state index in [4.69, 9.17) is 0 Å². The summed E-state index contributed by atoms with van der Waals surface area (Å²) in [4.78, 5) is -0.668. The Labute approximate surface area is 143 Å². The van der Waals surface area contributed by atoms with Crippen LogP contribution in [0.4, 0.5) is 8.78 Å². The third kappa shape index (κ3) is 3.68. The molecule has 2 N–H and O–H groups in total. The first-order valence-corrected chi connectivity index (χ1v) is 8.97. The number of nitrogens with one attached hydrogen (secondary N) is 1. The minimum absolute atomic E-state index is 0.340. The van der Waals surface area contributed by atoms with E-state index in [2.05, 4.69) is 4.72 Å². The molecule has 7 heteroatoms. The molecule has 0 spiro atoms. The van der Waals surface area contributed by atoms with Gasteiger partial charge in [0.05, 0.1) is 6.10 Å². The van der Waals surface area contributed by atoms with Crippen molar-refractivity contribution in [2.45, 2.75) is 11.0 Å². The zero-order valence-electron chi connectivity index (χ0n) is 13.0. The van der Waals surface area contributed by atoms with Crippen molar-refractivity contribution < 1.29 is 22.3 Å². The van der Waals surface area contributed by atoms with E-state index in [9.17, 15) is 22.3 Å². The van der Waals surface area contributed by atoms with Crippen molar-refractivity contribution in [1.82, 2.24) is 4.72 Å². The molecule has 0 aliphatic heterocycles. The summed E-state index contributed by atoms with van der Waals surface area (Å²) in [5, 5.41) is 12.1. The highest BCUT2D eigenvalue weighted by atomic mass is 32.2. The summed E-state index contributed by atoms with van der Waals surface area (Å²) in [5.74, 6) is -2.06. The Morgan fingerprint density at radius 3 is 2.48 bits per heavy atom. The highest BCUT2D eigenvalue weighted by Crippen LogP contribution is 2.24. The molecule has 0 bridgehead atoms. The van der Waals surface area contributed by atoms with Gasteiger partial charge in [0, 0.05) is 12.6 Å². The molecule has 3 aromatic carbocycles. The van der Waals surface area contributed by atoms with Gasteiger partial charge in [0.15, 0.2) is 0 Å². The van der Waals surface area contributed by atoms with Crippen LogP contribution in [0.25, 0.3) is 10.8 Å². The van der Waals surface area contributed by atoms with Gasteiger partial charge in [0.2, 0.25) is 10.0 Å². The first kappa shape index (κ1) is 17.5. The van der Waals surface area contributed by atoms with Crippen LogP contribution in [-0.4, -0.2) is 20.1 Å². The smallest absolute Gasteiger partial charge is 0.243 e. The van der Waals surface area contributed by atoms with E-state index in [1.165, 1.54) is 0 Å². The van der Waals surface area contributed by atoms with Crippen LogP contribution in [0, 0.1) is 11.6 Å². The van der Waals surface area contributed by atoms with E-state index in [0.29, 0.717) is 11.6 Å². The lowest BCUT2D eigenvalue weighted by molar-refractivity contribution is 0.183. The maximum atomic E-state index is 13.7. The summed E-state index contributed by atoms with van der Waals surface area (Å²) in [6, 6.07) is 14.9. The van der Waals surface area contributed by atoms with E-state index in [1.54, 1.807) is 12.1 Å². The van der Waals surface area contributed by atoms with Gasteiger partial charge < -0.3 is 5.11 Å². The van der Waals surface area contributed by atoms with Crippen molar-refractivity contribution >= 4 is 20.8 Å². The maximum absolute atomic E-state index is 13.7. The number of benzene rings is 3. The van der Waals surface area contributed by atoms with Crippen LogP contribution in [0.5, 0.6) is 0 Å². The van der Waals surface area contributed by atoms with E-state index in [-0.39, 0.29) is 6.54 Å². The van der Waals surface area contributed by atoms with Crippen LogP contribution in [0.1, 0.15) is 11.7 Å². The normalized spacial score (nSPS) is 13.1. The molecule has 0 aliphatic rings. The number of fused-ring (bicyclic) bond motifs is 1. The third-order valence-corrected chi connectivity index (χ3v) is 5.29. The number of hydrogen-bond acceptors (Lipinski definition) is 3. The first-order valence-electron chi connectivity index (χ1n) is 7.49. The molecule has 0 fully saturated rings. The van der Waals surface area contributed by atoms with Crippen molar-refractivity contribution in [2.75, 3.05) is 6.54 Å². The maximum Gasteiger partial charge on any atom is 0.243 e. The zero-order chi connectivity index (χ0) is 18.0. The van der Waals surface area contributed by atoms with Crippen molar-refractivity contribution in [1.29, 1.82) is 0 Å². The monoisotopic (exact) mass is 363 g/mol. The van der Waals surface area contributed by atoms with Crippen LogP contribution in [0.2, 0.25) is 0 Å². The molecule has 0 radical (unpaired) electrons. The summed E-state index contributed by atoms with van der Waals surface area (Å²) in [7, 11) is -4.22. The van der Waals surface area contributed by atoms with Gasteiger partial charge in [-0.3, -0.25) is 0 Å². The average molecular weight is 363 g/mol. The second-order valence-corrected chi connectivity index (χ2v) is 7.25. The summed E-state index contributed by atoms with van der Waals surface area (Å²) < 4.78 is 53.1. The Hall–Kier alpha value is -2.35. The van der Waals surface area contributed by atoms with Gasteiger partial charge in [0.1, 0.15) is 16.5 Å². The quantitative estimate of drug-likeness (QED) is 0.732. The molecule has 0 saturated carbocycles. The Morgan fingerprint density at radius 1 is 1.00 bits per heavy atom. The SMILES string of the molecule is O=S(=O)(NCC(O)c1cccc2ccccc12)c1ccc(F)cc1F. The molecule has 1 unspecified atom stereocenters. The Kier molecular flexibility index (Phi) is 4.80. The van der Waals surface area contributed by atoms with Gasteiger partial charge >= 0.3 is 0 Å². The highest BCUT2D eigenvalue weighted by Gasteiger charge is 2.21. The number of sulfonamides is 1. The fourth-order valence-corrected chi connectivity index (χ4v) is 3.71. The second kappa shape index (κ2) is 6.87. The van der Waals surface area contributed by atoms with E-state index < -0.39 is 32.7 Å². The molecule has 3 aromatic rings. The van der Waals surface area contributed by atoms with E-state index in [0.717, 1.165) is 22.9 Å². The minimum Gasteiger partial charge on any atom is -0.387 e. The number of halogens is 2. The van der Waals surface area contributed by atoms with Gasteiger partial charge in [-0.1, -0.05) is 42.5 Å². The van der Waals surface area contributed by atoms with Crippen molar-refractivity contribution in [2.24, 2.45) is 0 Å². The standard InChI is InChI=1S/C18H15F2NO3S/c19-13-8-9-18(16(20)10-13)25(23,24)21-11-17(22)15-7-3-5-12-4-1-2-6-14(12)15/h1-10,17,21-22H,11H2. The fourth-order valence-electron chi connectivity index (χ4n) is 2.61. The molecular weight excluding hydrogens is 348 g/mol. The van der Waals surface area contributed by atoms with Gasteiger partial charge in [-0.25, -0.2) is 21.9 Å². The van der Waals surface area contributed by atoms with Crippen LogP contribution in [-0.2, 0) is 10.0 Å². The lowest BCUT2D eigenvalue weighted by Crippen LogP contribution is -2.29. The molecule has 0 aromatic heterocycles. The minimum atomic E-state index is -4.22. The molecule has 0 saturated heterocycles. The van der Waals surface area contributed by atoms with E-state index in [1.807, 2.05) is 30.3 Å². The van der Waals surface area contributed by atoms with Crippen molar-refractivity contribution in [3.8, 4) is 0 Å². The first-order chi connectivity index (χ1) is 11.9. The molecule has 0 aliphatic carbocycles. The Bertz CT molecular complexity index is 1020. The molecule has 1 atom stereocenters. The van der Waals surface area contributed by atoms with E-state index >= 15 is 0 Å². The Balaban J connectivity index is 1.82. The lowest BCUT2D eigenvalue weighted by atomic mass is 10.0. The van der Waals surface area contributed by atoms with Crippen molar-refractivity contribution in [3.63, 3.8) is 0 Å². The van der Waals surface area contributed by atoms with Gasteiger partial charge in [0.25, 0.3) is 0 Å². The molecular formula is C18H15F2NO3S. The molecule has 0 heterocycles. The predicted octanol–water partition coefficient (Wildman–Crippen LogP) is 3.13. The molecule has 25 heavy (non-hydrogen) atoms. The van der Waals surface area contributed by atoms with Crippen LogP contribution < -0.4 is 4.72 Å². The largest absolute Gasteiger partial charge is 0.387 e.